The number of alkyl halides is 1. The van der Waals surface area contributed by atoms with Crippen molar-refractivity contribution in [3.63, 3.8) is 0 Å². The van der Waals surface area contributed by atoms with Crippen molar-refractivity contribution in [1.29, 1.82) is 0 Å². The second-order valence-corrected chi connectivity index (χ2v) is 9.93. The van der Waals surface area contributed by atoms with Crippen molar-refractivity contribution in [2.45, 2.75) is 45.3 Å². The second-order valence-electron chi connectivity index (χ2n) is 9.93. The van der Waals surface area contributed by atoms with Crippen molar-refractivity contribution < 1.29 is 28.2 Å². The minimum Gasteiger partial charge on any atom is -0.477 e. The van der Waals surface area contributed by atoms with Crippen LogP contribution in [0.2, 0.25) is 0 Å². The average molecular weight is 531 g/mol. The van der Waals surface area contributed by atoms with E-state index in [9.17, 15) is 28.3 Å². The molecule has 1 saturated carbocycles. The Balaban J connectivity index is 1.41. The Kier molecular flexibility index (Phi) is 6.13. The zero-order valence-corrected chi connectivity index (χ0v) is 20.8. The predicted molar refractivity (Wildman–Crippen MR) is 140 cm³/mol. The minimum absolute atomic E-state index is 0.000635. The van der Waals surface area contributed by atoms with E-state index in [0.29, 0.717) is 12.1 Å². The third-order valence-corrected chi connectivity index (χ3v) is 7.28. The molecule has 2 heterocycles. The third-order valence-electron chi connectivity index (χ3n) is 7.28. The summed E-state index contributed by atoms with van der Waals surface area (Å²) in [5.74, 6) is -2.24. The summed E-state index contributed by atoms with van der Waals surface area (Å²) < 4.78 is 35.5. The van der Waals surface area contributed by atoms with Gasteiger partial charge in [0.05, 0.1) is 11.2 Å². The monoisotopic (exact) mass is 530 g/mol. The lowest BCUT2D eigenvalue weighted by atomic mass is 9.97. The number of halogens is 2. The van der Waals surface area contributed by atoms with E-state index in [1.807, 2.05) is 30.3 Å². The van der Waals surface area contributed by atoms with Crippen LogP contribution < -0.4 is 5.43 Å². The van der Waals surface area contributed by atoms with E-state index in [1.165, 1.54) is 0 Å². The Morgan fingerprint density at radius 1 is 1.00 bits per heavy atom. The molecule has 7 nitrogen and oxygen atoms in total. The van der Waals surface area contributed by atoms with E-state index < -0.39 is 35.5 Å². The Hall–Kier alpha value is -4.53. The molecule has 6 rings (SSSR count). The summed E-state index contributed by atoms with van der Waals surface area (Å²) in [6, 6.07) is 16.5. The molecule has 0 saturated heterocycles. The summed E-state index contributed by atoms with van der Waals surface area (Å²) in [4.78, 5) is 40.1. The fourth-order valence-corrected chi connectivity index (χ4v) is 5.35. The number of ether oxygens (including phenoxy) is 1. The molecule has 1 amide bonds. The first-order chi connectivity index (χ1) is 18.9. The fraction of sp³-hybridized carbons (Fsp3) is 0.233. The van der Waals surface area contributed by atoms with Crippen LogP contribution in [-0.2, 0) is 31.1 Å². The lowest BCUT2D eigenvalue weighted by Crippen LogP contribution is -2.26. The molecule has 198 valence electrons. The van der Waals surface area contributed by atoms with Crippen LogP contribution in [0.3, 0.4) is 0 Å². The zero-order valence-electron chi connectivity index (χ0n) is 20.8. The number of nitrogens with zero attached hydrogens (tertiary/aromatic N) is 2. The van der Waals surface area contributed by atoms with Crippen molar-refractivity contribution in [1.82, 2.24) is 9.47 Å². The molecule has 0 radical (unpaired) electrons. The van der Waals surface area contributed by atoms with Crippen molar-refractivity contribution >= 4 is 23.0 Å². The summed E-state index contributed by atoms with van der Waals surface area (Å²) in [6.07, 6.45) is 0.969. The summed E-state index contributed by atoms with van der Waals surface area (Å²) in [7, 11) is 0. The molecule has 39 heavy (non-hydrogen) atoms. The number of hydrogen-bond donors (Lipinski definition) is 1. The van der Waals surface area contributed by atoms with Gasteiger partial charge in [-0.25, -0.2) is 18.4 Å². The van der Waals surface area contributed by atoms with Crippen LogP contribution in [0.25, 0.3) is 22.2 Å². The number of carboxylic acid groups (broad SMARTS) is 1. The number of aromatic carboxylic acids is 1. The number of aromatic nitrogens is 1. The Bertz CT molecular complexity index is 1700. The van der Waals surface area contributed by atoms with Gasteiger partial charge in [-0.3, -0.25) is 9.69 Å². The number of amides is 1. The highest BCUT2D eigenvalue weighted by Crippen LogP contribution is 2.43. The second kappa shape index (κ2) is 9.65. The number of benzene rings is 3. The molecule has 2 aliphatic rings. The number of carbonyl (C=O) groups excluding carboxylic acids is 1. The number of fused-ring (bicyclic) bond motifs is 2. The first-order valence-corrected chi connectivity index (χ1v) is 12.6. The topological polar surface area (TPSA) is 88.8 Å². The molecule has 1 aliphatic heterocycles. The molecule has 4 aromatic rings. The molecule has 0 atom stereocenters. The summed E-state index contributed by atoms with van der Waals surface area (Å²) in [5.41, 5.74) is 2.04. The fourth-order valence-electron chi connectivity index (χ4n) is 5.35. The van der Waals surface area contributed by atoms with Crippen molar-refractivity contribution in [2.75, 3.05) is 0 Å². The SMILES string of the molecule is O=C(O)c1c(-c2ccc3c(c2)CN(C(=O)OCc2ccccc2)C3)n(C2CC2)c2c(CF)cc(F)cc2c1=O. The maximum atomic E-state index is 14.3. The number of rotatable bonds is 6. The Labute approximate surface area is 221 Å². The maximum absolute atomic E-state index is 14.3. The molecule has 1 N–H and O–H groups in total. The molecule has 3 aromatic carbocycles. The van der Waals surface area contributed by atoms with Crippen LogP contribution in [-0.4, -0.2) is 26.6 Å². The molecular formula is C30H24F2N2O5. The first-order valence-electron chi connectivity index (χ1n) is 12.6. The van der Waals surface area contributed by atoms with Gasteiger partial charge in [-0.1, -0.05) is 42.5 Å². The molecule has 1 aromatic heterocycles. The highest BCUT2D eigenvalue weighted by Gasteiger charge is 2.34. The van der Waals surface area contributed by atoms with Crippen LogP contribution in [0.5, 0.6) is 0 Å². The number of pyridine rings is 1. The standard InChI is InChI=1S/C30H24F2N2O5/c31-13-20-11-22(32)12-24-26(20)34(23-8-9-23)27(25(28(24)35)29(36)37)18-6-7-19-14-33(15-21(19)10-18)30(38)39-16-17-4-2-1-3-5-17/h1-7,10-12,23H,8-9,13-16H2,(H,36,37). The van der Waals surface area contributed by atoms with Gasteiger partial charge in [-0.05, 0) is 53.3 Å². The molecule has 0 bridgehead atoms. The molecule has 0 spiro atoms. The molecule has 0 unspecified atom stereocenters. The number of hydrogen-bond acceptors (Lipinski definition) is 4. The van der Waals surface area contributed by atoms with E-state index >= 15 is 0 Å². The van der Waals surface area contributed by atoms with Gasteiger partial charge >= 0.3 is 12.1 Å². The molecule has 1 aliphatic carbocycles. The van der Waals surface area contributed by atoms with E-state index in [0.717, 1.165) is 41.7 Å². The van der Waals surface area contributed by atoms with Gasteiger partial charge in [0.15, 0.2) is 0 Å². The van der Waals surface area contributed by atoms with E-state index in [2.05, 4.69) is 0 Å². The lowest BCUT2D eigenvalue weighted by molar-refractivity contribution is 0.0695. The van der Waals surface area contributed by atoms with E-state index in [4.69, 9.17) is 4.74 Å². The predicted octanol–water partition coefficient (Wildman–Crippen LogP) is 5.96. The maximum Gasteiger partial charge on any atom is 0.410 e. The smallest absolute Gasteiger partial charge is 0.410 e. The zero-order chi connectivity index (χ0) is 27.3. The third kappa shape index (κ3) is 4.43. The van der Waals surface area contributed by atoms with Crippen molar-refractivity contribution in [3.8, 4) is 11.3 Å². The normalized spacial score (nSPS) is 14.5. The van der Waals surface area contributed by atoms with Gasteiger partial charge in [0.25, 0.3) is 0 Å². The molecule has 1 fully saturated rings. The summed E-state index contributed by atoms with van der Waals surface area (Å²) in [5, 5.41) is 9.95. The Morgan fingerprint density at radius 2 is 1.74 bits per heavy atom. The van der Waals surface area contributed by atoms with Gasteiger partial charge in [-0.15, -0.1) is 0 Å². The molecule has 9 heteroatoms. The highest BCUT2D eigenvalue weighted by molar-refractivity contribution is 6.00. The van der Waals surface area contributed by atoms with Gasteiger partial charge in [0, 0.05) is 30.1 Å². The summed E-state index contributed by atoms with van der Waals surface area (Å²) >= 11 is 0. The van der Waals surface area contributed by atoms with Crippen molar-refractivity contribution in [2.24, 2.45) is 0 Å². The van der Waals surface area contributed by atoms with Gasteiger partial charge in [-0.2, -0.15) is 0 Å². The van der Waals surface area contributed by atoms with E-state index in [-0.39, 0.29) is 41.4 Å². The lowest BCUT2D eigenvalue weighted by Gasteiger charge is -2.21. The quantitative estimate of drug-likeness (QED) is 0.332. The van der Waals surface area contributed by atoms with Gasteiger partial charge < -0.3 is 14.4 Å². The highest BCUT2D eigenvalue weighted by atomic mass is 19.1. The van der Waals surface area contributed by atoms with Gasteiger partial charge in [0.2, 0.25) is 5.43 Å². The average Bonchev–Trinajstić information content (AvgIpc) is 3.68. The van der Waals surface area contributed by atoms with Crippen LogP contribution in [0.15, 0.2) is 65.5 Å². The number of carbonyl (C=O) groups is 2. The summed E-state index contributed by atoms with van der Waals surface area (Å²) in [6.45, 7) is -0.284. The largest absolute Gasteiger partial charge is 0.477 e. The van der Waals surface area contributed by atoms with E-state index in [1.54, 1.807) is 27.7 Å². The minimum atomic E-state index is -1.44. The first kappa shape index (κ1) is 24.8. The Morgan fingerprint density at radius 3 is 2.44 bits per heavy atom. The van der Waals surface area contributed by atoms with Crippen LogP contribution in [0, 0.1) is 5.82 Å². The van der Waals surface area contributed by atoms with Crippen molar-refractivity contribution in [3.05, 3.63) is 105 Å². The van der Waals surface area contributed by atoms with Crippen LogP contribution >= 0.6 is 0 Å². The molecular weight excluding hydrogens is 506 g/mol. The van der Waals surface area contributed by atoms with Crippen LogP contribution in [0.1, 0.15) is 51.5 Å². The number of carboxylic acids is 1. The van der Waals surface area contributed by atoms with Crippen LogP contribution in [0.4, 0.5) is 13.6 Å². The van der Waals surface area contributed by atoms with Gasteiger partial charge in [0.1, 0.15) is 24.7 Å².